The number of aryl methyl sites for hydroxylation is 1. The molecule has 0 aromatic heterocycles. The maximum atomic E-state index is 13.2. The van der Waals surface area contributed by atoms with E-state index in [0.29, 0.717) is 17.3 Å². The Morgan fingerprint density at radius 2 is 1.67 bits per heavy atom. The second-order valence-corrected chi connectivity index (χ2v) is 9.48. The van der Waals surface area contributed by atoms with Crippen LogP contribution in [0.3, 0.4) is 0 Å². The lowest BCUT2D eigenvalue weighted by atomic mass is 10.0. The largest absolute Gasteiger partial charge is 0.326 e. The fourth-order valence-corrected chi connectivity index (χ4v) is 5.25. The van der Waals surface area contributed by atoms with Crippen molar-refractivity contribution in [3.8, 4) is 0 Å². The summed E-state index contributed by atoms with van der Waals surface area (Å²) in [7, 11) is -3.67. The van der Waals surface area contributed by atoms with Crippen LogP contribution >= 0.6 is 11.6 Å². The predicted molar refractivity (Wildman–Crippen MR) is 120 cm³/mol. The van der Waals surface area contributed by atoms with Gasteiger partial charge in [-0.15, -0.1) is 0 Å². The van der Waals surface area contributed by atoms with Crippen molar-refractivity contribution in [2.75, 3.05) is 16.2 Å². The molecule has 1 amide bonds. The van der Waals surface area contributed by atoms with Crippen LogP contribution in [0, 0.1) is 0 Å². The highest BCUT2D eigenvalue weighted by Crippen LogP contribution is 2.32. The van der Waals surface area contributed by atoms with E-state index in [9.17, 15) is 13.2 Å². The Balaban J connectivity index is 1.48. The van der Waals surface area contributed by atoms with Gasteiger partial charge < -0.3 is 5.32 Å². The maximum Gasteiger partial charge on any atom is 0.264 e. The van der Waals surface area contributed by atoms with Crippen LogP contribution in [0.25, 0.3) is 0 Å². The van der Waals surface area contributed by atoms with Gasteiger partial charge in [0.1, 0.15) is 0 Å². The second kappa shape index (κ2) is 8.50. The van der Waals surface area contributed by atoms with Crippen LogP contribution < -0.4 is 9.62 Å². The van der Waals surface area contributed by atoms with Crippen LogP contribution in [0.1, 0.15) is 17.5 Å². The van der Waals surface area contributed by atoms with Crippen molar-refractivity contribution in [1.29, 1.82) is 0 Å². The summed E-state index contributed by atoms with van der Waals surface area (Å²) in [6, 6.07) is 21.0. The number of sulfonamides is 1. The van der Waals surface area contributed by atoms with E-state index in [1.807, 2.05) is 24.3 Å². The van der Waals surface area contributed by atoms with Gasteiger partial charge in [0, 0.05) is 17.3 Å². The van der Waals surface area contributed by atoms with Gasteiger partial charge in [-0.2, -0.15) is 0 Å². The number of anilines is 2. The summed E-state index contributed by atoms with van der Waals surface area (Å²) in [5.41, 5.74) is 3.18. The molecule has 0 saturated heterocycles. The van der Waals surface area contributed by atoms with E-state index in [0.717, 1.165) is 29.7 Å². The number of carbonyl (C=O) groups is 1. The Morgan fingerprint density at radius 1 is 0.967 bits per heavy atom. The molecule has 30 heavy (non-hydrogen) atoms. The summed E-state index contributed by atoms with van der Waals surface area (Å²) < 4.78 is 27.8. The Labute approximate surface area is 181 Å². The van der Waals surface area contributed by atoms with E-state index < -0.39 is 10.0 Å². The van der Waals surface area contributed by atoms with E-state index in [2.05, 4.69) is 5.32 Å². The highest BCUT2D eigenvalue weighted by Gasteiger charge is 2.28. The van der Waals surface area contributed by atoms with Crippen molar-refractivity contribution in [3.05, 3.63) is 88.9 Å². The topological polar surface area (TPSA) is 66.5 Å². The standard InChI is InChI=1S/C23H21ClN2O3S/c24-19-9-7-17(8-10-19)16-23(27)25-20-11-13-21(14-12-20)30(28,29)26-15-3-5-18-4-1-2-6-22(18)26/h1-2,4,6-14H,3,5,15-16H2,(H,25,27). The molecule has 0 bridgehead atoms. The van der Waals surface area contributed by atoms with Crippen molar-refractivity contribution in [2.24, 2.45) is 0 Å². The minimum Gasteiger partial charge on any atom is -0.326 e. The Morgan fingerprint density at radius 3 is 2.40 bits per heavy atom. The van der Waals surface area contributed by atoms with Gasteiger partial charge in [-0.1, -0.05) is 41.9 Å². The third-order valence-electron chi connectivity index (χ3n) is 5.07. The minimum absolute atomic E-state index is 0.183. The van der Waals surface area contributed by atoms with Gasteiger partial charge in [0.15, 0.2) is 0 Å². The summed E-state index contributed by atoms with van der Waals surface area (Å²) >= 11 is 5.86. The molecule has 0 spiro atoms. The van der Waals surface area contributed by atoms with Crippen molar-refractivity contribution >= 4 is 38.9 Å². The zero-order chi connectivity index (χ0) is 21.1. The lowest BCUT2D eigenvalue weighted by molar-refractivity contribution is -0.115. The van der Waals surface area contributed by atoms with Crippen LogP contribution in [0.5, 0.6) is 0 Å². The van der Waals surface area contributed by atoms with Crippen molar-refractivity contribution < 1.29 is 13.2 Å². The SMILES string of the molecule is O=C(Cc1ccc(Cl)cc1)Nc1ccc(S(=O)(=O)N2CCCc3ccccc32)cc1. The molecule has 5 nitrogen and oxygen atoms in total. The number of rotatable bonds is 5. The Kier molecular flexibility index (Phi) is 5.79. The zero-order valence-electron chi connectivity index (χ0n) is 16.2. The van der Waals surface area contributed by atoms with E-state index in [-0.39, 0.29) is 17.2 Å². The van der Waals surface area contributed by atoms with Gasteiger partial charge in [0.25, 0.3) is 10.0 Å². The number of halogens is 1. The van der Waals surface area contributed by atoms with Gasteiger partial charge in [-0.05, 0) is 66.4 Å². The van der Waals surface area contributed by atoms with E-state index in [4.69, 9.17) is 11.6 Å². The number of hydrogen-bond donors (Lipinski definition) is 1. The molecule has 154 valence electrons. The number of para-hydroxylation sites is 1. The number of benzene rings is 3. The quantitative estimate of drug-likeness (QED) is 0.627. The van der Waals surface area contributed by atoms with Crippen LogP contribution in [-0.2, 0) is 27.7 Å². The van der Waals surface area contributed by atoms with Crippen LogP contribution in [0.4, 0.5) is 11.4 Å². The van der Waals surface area contributed by atoms with E-state index in [1.165, 1.54) is 16.4 Å². The van der Waals surface area contributed by atoms with Crippen molar-refractivity contribution in [3.63, 3.8) is 0 Å². The smallest absolute Gasteiger partial charge is 0.264 e. The minimum atomic E-state index is -3.67. The first-order valence-electron chi connectivity index (χ1n) is 9.68. The number of fused-ring (bicyclic) bond motifs is 1. The first kappa shape index (κ1) is 20.4. The van der Waals surface area contributed by atoms with Crippen LogP contribution in [-0.4, -0.2) is 20.9 Å². The molecular weight excluding hydrogens is 420 g/mol. The number of carbonyl (C=O) groups excluding carboxylic acids is 1. The second-order valence-electron chi connectivity index (χ2n) is 7.19. The number of nitrogens with zero attached hydrogens (tertiary/aromatic N) is 1. The zero-order valence-corrected chi connectivity index (χ0v) is 17.8. The molecular formula is C23H21ClN2O3S. The predicted octanol–water partition coefficient (Wildman–Crippen LogP) is 4.66. The van der Waals surface area contributed by atoms with Crippen molar-refractivity contribution in [2.45, 2.75) is 24.2 Å². The van der Waals surface area contributed by atoms with Gasteiger partial charge in [-0.3, -0.25) is 9.10 Å². The number of nitrogens with one attached hydrogen (secondary N) is 1. The Bertz CT molecular complexity index is 1160. The average Bonchev–Trinajstić information content (AvgIpc) is 2.75. The fourth-order valence-electron chi connectivity index (χ4n) is 3.58. The molecule has 0 aliphatic carbocycles. The summed E-state index contributed by atoms with van der Waals surface area (Å²) in [6.07, 6.45) is 1.87. The van der Waals surface area contributed by atoms with Gasteiger partial charge in [0.2, 0.25) is 5.91 Å². The van der Waals surface area contributed by atoms with Gasteiger partial charge in [-0.25, -0.2) is 8.42 Å². The molecule has 4 rings (SSSR count). The van der Waals surface area contributed by atoms with Crippen LogP contribution in [0.2, 0.25) is 5.02 Å². The summed E-state index contributed by atoms with van der Waals surface area (Å²) in [5.74, 6) is -0.183. The summed E-state index contributed by atoms with van der Waals surface area (Å²) in [6.45, 7) is 0.457. The maximum absolute atomic E-state index is 13.2. The fraction of sp³-hybridized carbons (Fsp3) is 0.174. The lowest BCUT2D eigenvalue weighted by Crippen LogP contribution is -2.35. The third kappa shape index (κ3) is 4.35. The molecule has 0 saturated carbocycles. The lowest BCUT2D eigenvalue weighted by Gasteiger charge is -2.30. The molecule has 0 unspecified atom stereocenters. The van der Waals surface area contributed by atoms with Crippen LogP contribution in [0.15, 0.2) is 77.7 Å². The highest BCUT2D eigenvalue weighted by molar-refractivity contribution is 7.92. The number of hydrogen-bond acceptors (Lipinski definition) is 3. The third-order valence-corrected chi connectivity index (χ3v) is 7.15. The molecule has 1 heterocycles. The van der Waals surface area contributed by atoms with Gasteiger partial charge >= 0.3 is 0 Å². The molecule has 3 aromatic carbocycles. The summed E-state index contributed by atoms with van der Waals surface area (Å²) in [4.78, 5) is 12.5. The van der Waals surface area contributed by atoms with E-state index in [1.54, 1.807) is 36.4 Å². The van der Waals surface area contributed by atoms with Crippen molar-refractivity contribution in [1.82, 2.24) is 0 Å². The normalized spacial score (nSPS) is 13.6. The molecule has 1 N–H and O–H groups in total. The first-order chi connectivity index (χ1) is 14.4. The molecule has 0 fully saturated rings. The highest BCUT2D eigenvalue weighted by atomic mass is 35.5. The molecule has 1 aliphatic heterocycles. The molecule has 3 aromatic rings. The number of amides is 1. The van der Waals surface area contributed by atoms with E-state index >= 15 is 0 Å². The molecule has 0 atom stereocenters. The average molecular weight is 441 g/mol. The molecule has 0 radical (unpaired) electrons. The Hall–Kier alpha value is -2.83. The van der Waals surface area contributed by atoms with Gasteiger partial charge in [0.05, 0.1) is 17.0 Å². The summed E-state index contributed by atoms with van der Waals surface area (Å²) in [5, 5.41) is 3.42. The monoisotopic (exact) mass is 440 g/mol. The molecule has 1 aliphatic rings. The molecule has 7 heteroatoms. The first-order valence-corrected chi connectivity index (χ1v) is 11.5.